The van der Waals surface area contributed by atoms with E-state index in [1.807, 2.05) is 0 Å². The topological polar surface area (TPSA) is 55.6 Å². The molecule has 0 spiro atoms. The Morgan fingerprint density at radius 1 is 1.44 bits per heavy atom. The summed E-state index contributed by atoms with van der Waals surface area (Å²) in [4.78, 5) is 13.2. The van der Waals surface area contributed by atoms with Gasteiger partial charge in [-0.2, -0.15) is 0 Å². The van der Waals surface area contributed by atoms with Crippen molar-refractivity contribution >= 4 is 5.91 Å². The van der Waals surface area contributed by atoms with E-state index in [0.717, 1.165) is 6.42 Å². The van der Waals surface area contributed by atoms with Gasteiger partial charge in [0.2, 0.25) is 5.91 Å². The summed E-state index contributed by atoms with van der Waals surface area (Å²) in [7, 11) is 1.70. The third-order valence-electron chi connectivity index (χ3n) is 2.56. The molecule has 0 heterocycles. The summed E-state index contributed by atoms with van der Waals surface area (Å²) in [5.74, 6) is -0.443. The summed E-state index contributed by atoms with van der Waals surface area (Å²) in [6.45, 7) is 1.21. The predicted molar refractivity (Wildman–Crippen MR) is 67.4 cm³/mol. The van der Waals surface area contributed by atoms with Gasteiger partial charge in [-0.1, -0.05) is 18.2 Å². The van der Waals surface area contributed by atoms with E-state index in [0.29, 0.717) is 18.7 Å². The molecule has 1 rings (SSSR count). The van der Waals surface area contributed by atoms with Gasteiger partial charge in [-0.15, -0.1) is 0 Å². The second-order valence-electron chi connectivity index (χ2n) is 4.04. The van der Waals surface area contributed by atoms with Gasteiger partial charge < -0.3 is 15.4 Å². The number of carbonyl (C=O) groups is 1. The van der Waals surface area contributed by atoms with Gasteiger partial charge >= 0.3 is 0 Å². The molecule has 100 valence electrons. The van der Waals surface area contributed by atoms with E-state index in [1.165, 1.54) is 6.07 Å². The van der Waals surface area contributed by atoms with Gasteiger partial charge in [0.05, 0.1) is 6.61 Å². The molecule has 0 fully saturated rings. The number of nitrogens with two attached hydrogens (primary N) is 1. The first kappa shape index (κ1) is 14.6. The highest BCUT2D eigenvalue weighted by atomic mass is 19.1. The lowest BCUT2D eigenvalue weighted by atomic mass is 10.2. The van der Waals surface area contributed by atoms with Gasteiger partial charge in [0.1, 0.15) is 12.4 Å². The summed E-state index contributed by atoms with van der Waals surface area (Å²) in [6.07, 6.45) is 0.759. The second-order valence-corrected chi connectivity index (χ2v) is 4.04. The predicted octanol–water partition coefficient (Wildman–Crippen LogP) is 1.15. The maximum absolute atomic E-state index is 13.2. The van der Waals surface area contributed by atoms with Crippen molar-refractivity contribution in [2.75, 3.05) is 26.7 Å². The second kappa shape index (κ2) is 7.79. The summed E-state index contributed by atoms with van der Waals surface area (Å²) in [5.41, 5.74) is 5.81. The third kappa shape index (κ3) is 4.81. The summed E-state index contributed by atoms with van der Waals surface area (Å²) in [5, 5.41) is 0. The van der Waals surface area contributed by atoms with Gasteiger partial charge in [-0.25, -0.2) is 4.39 Å². The Labute approximate surface area is 107 Å². The van der Waals surface area contributed by atoms with Crippen LogP contribution < -0.4 is 5.73 Å². The van der Waals surface area contributed by atoms with Gasteiger partial charge in [0, 0.05) is 19.2 Å². The molecule has 5 heteroatoms. The fourth-order valence-electron chi connectivity index (χ4n) is 1.43. The van der Waals surface area contributed by atoms with Crippen LogP contribution in [-0.4, -0.2) is 37.6 Å². The number of nitrogens with zero attached hydrogens (tertiary/aromatic N) is 1. The first-order valence-corrected chi connectivity index (χ1v) is 5.90. The molecule has 0 aliphatic rings. The zero-order valence-corrected chi connectivity index (χ0v) is 10.6. The van der Waals surface area contributed by atoms with E-state index in [4.69, 9.17) is 10.5 Å². The van der Waals surface area contributed by atoms with Crippen LogP contribution in [0.2, 0.25) is 0 Å². The van der Waals surface area contributed by atoms with Crippen LogP contribution in [0, 0.1) is 5.82 Å². The molecule has 4 nitrogen and oxygen atoms in total. The van der Waals surface area contributed by atoms with Crippen LogP contribution in [0.3, 0.4) is 0 Å². The molecular formula is C13H19FN2O2. The lowest BCUT2D eigenvalue weighted by Gasteiger charge is -2.16. The third-order valence-corrected chi connectivity index (χ3v) is 2.56. The van der Waals surface area contributed by atoms with E-state index >= 15 is 0 Å². The van der Waals surface area contributed by atoms with Crippen molar-refractivity contribution in [2.24, 2.45) is 5.73 Å². The van der Waals surface area contributed by atoms with Crippen molar-refractivity contribution in [2.45, 2.75) is 13.0 Å². The van der Waals surface area contributed by atoms with Gasteiger partial charge in [-0.3, -0.25) is 4.79 Å². The van der Waals surface area contributed by atoms with Crippen LogP contribution >= 0.6 is 0 Å². The molecular weight excluding hydrogens is 235 g/mol. The average molecular weight is 254 g/mol. The molecule has 18 heavy (non-hydrogen) atoms. The number of likely N-dealkylation sites (N-methyl/N-ethyl adjacent to an activating group) is 1. The number of carbonyl (C=O) groups excluding carboxylic acids is 1. The van der Waals surface area contributed by atoms with Crippen LogP contribution in [0.25, 0.3) is 0 Å². The Bertz CT molecular complexity index is 385. The molecule has 0 bridgehead atoms. The van der Waals surface area contributed by atoms with Crippen molar-refractivity contribution in [1.29, 1.82) is 0 Å². The SMILES string of the molecule is CN(CCCN)C(=O)COCc1ccccc1F. The van der Waals surface area contributed by atoms with E-state index in [1.54, 1.807) is 30.1 Å². The molecule has 0 atom stereocenters. The molecule has 0 saturated carbocycles. The molecule has 0 radical (unpaired) electrons. The lowest BCUT2D eigenvalue weighted by molar-refractivity contribution is -0.135. The summed E-state index contributed by atoms with van der Waals surface area (Å²) < 4.78 is 18.5. The van der Waals surface area contributed by atoms with Crippen LogP contribution in [0.5, 0.6) is 0 Å². The molecule has 2 N–H and O–H groups in total. The molecule has 0 saturated heterocycles. The van der Waals surface area contributed by atoms with Crippen LogP contribution in [0.1, 0.15) is 12.0 Å². The van der Waals surface area contributed by atoms with E-state index in [2.05, 4.69) is 0 Å². The highest BCUT2D eigenvalue weighted by Gasteiger charge is 2.08. The van der Waals surface area contributed by atoms with Crippen LogP contribution in [0.15, 0.2) is 24.3 Å². The van der Waals surface area contributed by atoms with Crippen molar-refractivity contribution < 1.29 is 13.9 Å². The zero-order chi connectivity index (χ0) is 13.4. The Morgan fingerprint density at radius 2 is 2.17 bits per heavy atom. The largest absolute Gasteiger partial charge is 0.367 e. The monoisotopic (exact) mass is 254 g/mol. The molecule has 0 aliphatic carbocycles. The fourth-order valence-corrected chi connectivity index (χ4v) is 1.43. The van der Waals surface area contributed by atoms with Gasteiger partial charge in [0.25, 0.3) is 0 Å². The number of ether oxygens (including phenoxy) is 1. The maximum atomic E-state index is 13.2. The van der Waals surface area contributed by atoms with Gasteiger partial charge in [-0.05, 0) is 19.0 Å². The molecule has 1 aromatic rings. The number of benzene rings is 1. The minimum absolute atomic E-state index is 0.0462. The highest BCUT2D eigenvalue weighted by molar-refractivity contribution is 5.77. The quantitative estimate of drug-likeness (QED) is 0.794. The number of rotatable bonds is 7. The Balaban J connectivity index is 2.29. The lowest BCUT2D eigenvalue weighted by Crippen LogP contribution is -2.32. The number of halogens is 1. The van der Waals surface area contributed by atoms with Crippen LogP contribution in [-0.2, 0) is 16.1 Å². The molecule has 0 aliphatic heterocycles. The Kier molecular flexibility index (Phi) is 6.32. The Morgan fingerprint density at radius 3 is 2.83 bits per heavy atom. The smallest absolute Gasteiger partial charge is 0.248 e. The minimum atomic E-state index is -0.318. The first-order chi connectivity index (χ1) is 8.65. The molecule has 1 aromatic carbocycles. The van der Waals surface area contributed by atoms with Crippen molar-refractivity contribution in [3.63, 3.8) is 0 Å². The molecule has 1 amide bonds. The van der Waals surface area contributed by atoms with Gasteiger partial charge in [0.15, 0.2) is 0 Å². The number of hydrogen-bond donors (Lipinski definition) is 1. The standard InChI is InChI=1S/C13H19FN2O2/c1-16(8-4-7-15)13(17)10-18-9-11-5-2-3-6-12(11)14/h2-3,5-6H,4,7-10,15H2,1H3. The van der Waals surface area contributed by atoms with E-state index < -0.39 is 0 Å². The van der Waals surface area contributed by atoms with E-state index in [9.17, 15) is 9.18 Å². The van der Waals surface area contributed by atoms with Crippen LogP contribution in [0.4, 0.5) is 4.39 Å². The maximum Gasteiger partial charge on any atom is 0.248 e. The first-order valence-electron chi connectivity index (χ1n) is 5.90. The summed E-state index contributed by atoms with van der Waals surface area (Å²) in [6, 6.07) is 6.35. The molecule has 0 aromatic heterocycles. The fraction of sp³-hybridized carbons (Fsp3) is 0.462. The molecule has 0 unspecified atom stereocenters. The Hall–Kier alpha value is -1.46. The van der Waals surface area contributed by atoms with Crippen molar-refractivity contribution in [3.05, 3.63) is 35.6 Å². The van der Waals surface area contributed by atoms with Crippen molar-refractivity contribution in [1.82, 2.24) is 4.90 Å². The van der Waals surface area contributed by atoms with E-state index in [-0.39, 0.29) is 24.9 Å². The normalized spacial score (nSPS) is 10.4. The number of hydrogen-bond acceptors (Lipinski definition) is 3. The number of amides is 1. The van der Waals surface area contributed by atoms with Crippen molar-refractivity contribution in [3.8, 4) is 0 Å². The highest BCUT2D eigenvalue weighted by Crippen LogP contribution is 2.07. The summed E-state index contributed by atoms with van der Waals surface area (Å²) >= 11 is 0. The average Bonchev–Trinajstić information content (AvgIpc) is 2.38. The zero-order valence-electron chi connectivity index (χ0n) is 10.6. The minimum Gasteiger partial charge on any atom is -0.367 e.